The van der Waals surface area contributed by atoms with E-state index in [0.29, 0.717) is 6.26 Å². The summed E-state index contributed by atoms with van der Waals surface area (Å²) in [6, 6.07) is 0.949. The average molecular weight is 322 g/mol. The minimum absolute atomic E-state index is 0.604. The van der Waals surface area contributed by atoms with Gasteiger partial charge in [0.2, 0.25) is 0 Å². The molecule has 1 aliphatic heterocycles. The maximum atomic E-state index is 9.08. The molecule has 1 aliphatic rings. The summed E-state index contributed by atoms with van der Waals surface area (Å²) in [4.78, 5) is 1.88. The second kappa shape index (κ2) is 12.4. The van der Waals surface area contributed by atoms with E-state index in [9.17, 15) is 0 Å². The first-order valence-electron chi connectivity index (χ1n) is 8.60. The van der Waals surface area contributed by atoms with Crippen molar-refractivity contribution in [3.05, 3.63) is 0 Å². The number of quaternary nitrogens is 1. The minimum Gasteiger partial charge on any atom is -0.748 e. The smallest absolute Gasteiger partial charge is 0.0916 e. The van der Waals surface area contributed by atoms with Gasteiger partial charge in [0.25, 0.3) is 0 Å². The predicted molar refractivity (Wildman–Crippen MR) is 87.6 cm³/mol. The molecule has 4 nitrogen and oxygen atoms in total. The van der Waals surface area contributed by atoms with E-state index in [0.717, 1.165) is 6.04 Å². The second-order valence-electron chi connectivity index (χ2n) is 6.38. The molecule has 21 heavy (non-hydrogen) atoms. The molecule has 0 spiro atoms. The van der Waals surface area contributed by atoms with Crippen LogP contribution in [0.4, 0.5) is 0 Å². The van der Waals surface area contributed by atoms with Crippen molar-refractivity contribution < 1.29 is 17.9 Å². The van der Waals surface area contributed by atoms with E-state index in [1.807, 2.05) is 4.90 Å². The molecule has 128 valence electrons. The van der Waals surface area contributed by atoms with Gasteiger partial charge >= 0.3 is 0 Å². The second-order valence-corrected chi connectivity index (χ2v) is 7.79. The molecule has 1 rings (SSSR count). The topological polar surface area (TPSA) is 61.6 Å². The number of unbranched alkanes of at least 4 members (excludes halogenated alkanes) is 7. The molecule has 0 radical (unpaired) electrons. The van der Waals surface area contributed by atoms with E-state index in [2.05, 4.69) is 13.8 Å². The highest BCUT2D eigenvalue weighted by Crippen LogP contribution is 2.08. The SMILES string of the molecule is CCCCCCCCCC[NH+]1CCCC1C.CS(=O)(=O)[O-]. The summed E-state index contributed by atoms with van der Waals surface area (Å²) in [5, 5.41) is 0. The van der Waals surface area contributed by atoms with Gasteiger partial charge in [-0.15, -0.1) is 0 Å². The Hall–Kier alpha value is -0.130. The van der Waals surface area contributed by atoms with Gasteiger partial charge in [-0.25, -0.2) is 8.42 Å². The molecular weight excluding hydrogens is 286 g/mol. The van der Waals surface area contributed by atoms with Gasteiger partial charge < -0.3 is 9.45 Å². The van der Waals surface area contributed by atoms with Crippen LogP contribution in [0, 0.1) is 0 Å². The van der Waals surface area contributed by atoms with Crippen LogP contribution < -0.4 is 4.90 Å². The van der Waals surface area contributed by atoms with Crippen molar-refractivity contribution in [1.29, 1.82) is 0 Å². The third-order valence-electron chi connectivity index (χ3n) is 4.18. The van der Waals surface area contributed by atoms with E-state index in [1.165, 1.54) is 77.3 Å². The Bertz CT molecular complexity index is 322. The van der Waals surface area contributed by atoms with Crippen molar-refractivity contribution in [2.75, 3.05) is 19.3 Å². The van der Waals surface area contributed by atoms with Gasteiger partial charge in [-0.1, -0.05) is 45.4 Å². The molecule has 5 heteroatoms. The largest absolute Gasteiger partial charge is 0.748 e. The van der Waals surface area contributed by atoms with E-state index in [4.69, 9.17) is 13.0 Å². The van der Waals surface area contributed by atoms with Crippen molar-refractivity contribution in [2.24, 2.45) is 0 Å². The summed E-state index contributed by atoms with van der Waals surface area (Å²) in [5.74, 6) is 0. The van der Waals surface area contributed by atoms with Crippen LogP contribution in [0.3, 0.4) is 0 Å². The Morgan fingerprint density at radius 1 is 1.05 bits per heavy atom. The molecule has 1 saturated heterocycles. The Kier molecular flexibility index (Phi) is 12.3. The fourth-order valence-electron chi connectivity index (χ4n) is 2.94. The lowest BCUT2D eigenvalue weighted by Gasteiger charge is -2.17. The van der Waals surface area contributed by atoms with E-state index < -0.39 is 10.1 Å². The summed E-state index contributed by atoms with van der Waals surface area (Å²) in [5.41, 5.74) is 0. The summed E-state index contributed by atoms with van der Waals surface area (Å²) in [7, 11) is -3.92. The zero-order valence-corrected chi connectivity index (χ0v) is 15.0. The standard InChI is InChI=1S/C15H31N.CH4O3S/c1-3-4-5-6-7-8-9-10-13-16-14-11-12-15(16)2;1-5(2,3)4/h15H,3-14H2,1-2H3;1H3,(H,2,3,4). The van der Waals surface area contributed by atoms with Crippen molar-refractivity contribution in [1.82, 2.24) is 0 Å². The molecule has 0 aliphatic carbocycles. The maximum absolute atomic E-state index is 9.08. The first-order valence-corrected chi connectivity index (χ1v) is 10.4. The lowest BCUT2D eigenvalue weighted by Crippen LogP contribution is -3.13. The molecule has 0 aromatic carbocycles. The third-order valence-corrected chi connectivity index (χ3v) is 4.18. The van der Waals surface area contributed by atoms with Gasteiger partial charge in [0, 0.05) is 19.1 Å². The van der Waals surface area contributed by atoms with Crippen LogP contribution in [0.15, 0.2) is 0 Å². The van der Waals surface area contributed by atoms with Crippen LogP contribution in [0.1, 0.15) is 78.1 Å². The minimum atomic E-state index is -3.92. The average Bonchev–Trinajstić information content (AvgIpc) is 2.76. The lowest BCUT2D eigenvalue weighted by atomic mass is 10.1. The van der Waals surface area contributed by atoms with Gasteiger partial charge in [-0.2, -0.15) is 0 Å². The van der Waals surface area contributed by atoms with Gasteiger partial charge in [0.15, 0.2) is 0 Å². The highest BCUT2D eigenvalue weighted by Gasteiger charge is 2.22. The van der Waals surface area contributed by atoms with Crippen LogP contribution in [-0.4, -0.2) is 38.4 Å². The Morgan fingerprint density at radius 3 is 1.95 bits per heavy atom. The maximum Gasteiger partial charge on any atom is 0.0916 e. The molecule has 0 saturated carbocycles. The number of nitrogens with one attached hydrogen (secondary N) is 1. The van der Waals surface area contributed by atoms with Crippen molar-refractivity contribution in [3.63, 3.8) is 0 Å². The normalized spacial score (nSPS) is 21.9. The summed E-state index contributed by atoms with van der Waals surface area (Å²) < 4.78 is 27.2. The van der Waals surface area contributed by atoms with Crippen LogP contribution >= 0.6 is 0 Å². The fourth-order valence-corrected chi connectivity index (χ4v) is 2.94. The number of likely N-dealkylation sites (tertiary alicyclic amines) is 1. The molecule has 0 aromatic heterocycles. The van der Waals surface area contributed by atoms with Crippen molar-refractivity contribution in [3.8, 4) is 0 Å². The number of hydrogen-bond acceptors (Lipinski definition) is 3. The first-order chi connectivity index (χ1) is 9.84. The quantitative estimate of drug-likeness (QED) is 0.524. The van der Waals surface area contributed by atoms with E-state index >= 15 is 0 Å². The lowest BCUT2D eigenvalue weighted by molar-refractivity contribution is -0.910. The molecule has 0 aromatic rings. The summed E-state index contributed by atoms with van der Waals surface area (Å²) in [6.07, 6.45) is 15.2. The fraction of sp³-hybridized carbons (Fsp3) is 1.00. The first kappa shape index (κ1) is 20.9. The molecule has 0 bridgehead atoms. The monoisotopic (exact) mass is 321 g/mol. The zero-order valence-electron chi connectivity index (χ0n) is 14.2. The Balaban J connectivity index is 0.000000690. The van der Waals surface area contributed by atoms with Crippen LogP contribution in [0.2, 0.25) is 0 Å². The molecule has 2 atom stereocenters. The van der Waals surface area contributed by atoms with Gasteiger partial charge in [0.05, 0.1) is 29.2 Å². The molecule has 0 amide bonds. The molecule has 1 heterocycles. The molecule has 1 fully saturated rings. The van der Waals surface area contributed by atoms with Gasteiger partial charge in [-0.3, -0.25) is 0 Å². The van der Waals surface area contributed by atoms with Crippen LogP contribution in [0.25, 0.3) is 0 Å². The molecule has 1 N–H and O–H groups in total. The van der Waals surface area contributed by atoms with Gasteiger partial charge in [0.1, 0.15) is 0 Å². The Morgan fingerprint density at radius 2 is 1.52 bits per heavy atom. The van der Waals surface area contributed by atoms with Crippen molar-refractivity contribution >= 4 is 10.1 Å². The van der Waals surface area contributed by atoms with Gasteiger partial charge in [-0.05, 0) is 19.8 Å². The number of hydrogen-bond donors (Lipinski definition) is 1. The highest BCUT2D eigenvalue weighted by atomic mass is 32.2. The predicted octanol–water partition coefficient (Wildman–Crippen LogP) is 2.36. The third kappa shape index (κ3) is 16.1. The van der Waals surface area contributed by atoms with E-state index in [1.54, 1.807) is 0 Å². The summed E-state index contributed by atoms with van der Waals surface area (Å²) in [6.45, 7) is 7.60. The summed E-state index contributed by atoms with van der Waals surface area (Å²) >= 11 is 0. The van der Waals surface area contributed by atoms with Crippen LogP contribution in [-0.2, 0) is 10.1 Å². The highest BCUT2D eigenvalue weighted by molar-refractivity contribution is 7.84. The van der Waals surface area contributed by atoms with E-state index in [-0.39, 0.29) is 0 Å². The Labute approximate surface area is 132 Å². The number of rotatable bonds is 9. The van der Waals surface area contributed by atoms with Crippen molar-refractivity contribution in [2.45, 2.75) is 84.1 Å². The van der Waals surface area contributed by atoms with Crippen LogP contribution in [0.5, 0.6) is 0 Å². The zero-order chi connectivity index (χ0) is 16.1. The molecular formula is C16H35NO3S. The molecule has 2 unspecified atom stereocenters.